The van der Waals surface area contributed by atoms with Crippen LogP contribution in [0, 0.1) is 0 Å². The van der Waals surface area contributed by atoms with Crippen LogP contribution in [0.3, 0.4) is 0 Å². The average molecular weight is 471 g/mol. The third kappa shape index (κ3) is 3.35. The number of ketones is 1. The molecule has 1 atom stereocenters. The van der Waals surface area contributed by atoms with Crippen LogP contribution in [0.4, 0.5) is 0 Å². The highest BCUT2D eigenvalue weighted by Gasteiger charge is 2.40. The lowest BCUT2D eigenvalue weighted by molar-refractivity contribution is 0.0990. The zero-order chi connectivity index (χ0) is 21.3. The SMILES string of the molecule is O=C1c2cn(C(c3ccccc3)(c3ccccc3)c3ccccc3)nc2CCCC1Br. The van der Waals surface area contributed by atoms with Gasteiger partial charge in [-0.3, -0.25) is 9.48 Å². The quantitative estimate of drug-likeness (QED) is 0.208. The van der Waals surface area contributed by atoms with E-state index in [-0.39, 0.29) is 10.6 Å². The summed E-state index contributed by atoms with van der Waals surface area (Å²) in [5, 5.41) is 5.07. The molecule has 0 fully saturated rings. The summed E-state index contributed by atoms with van der Waals surface area (Å²) in [4.78, 5) is 12.9. The molecular formula is C27H23BrN2O. The number of aromatic nitrogens is 2. The van der Waals surface area contributed by atoms with Crippen molar-refractivity contribution < 1.29 is 4.79 Å². The van der Waals surface area contributed by atoms with Gasteiger partial charge in [0.2, 0.25) is 0 Å². The Bertz CT molecular complexity index is 1090. The summed E-state index contributed by atoms with van der Waals surface area (Å²) in [6, 6.07) is 31.3. The van der Waals surface area contributed by atoms with Crippen molar-refractivity contribution >= 4 is 21.7 Å². The van der Waals surface area contributed by atoms with Gasteiger partial charge in [0, 0.05) is 6.20 Å². The Morgan fingerprint density at radius 2 is 1.29 bits per heavy atom. The third-order valence-electron chi connectivity index (χ3n) is 6.13. The van der Waals surface area contributed by atoms with Crippen LogP contribution in [0.1, 0.15) is 45.6 Å². The second-order valence-electron chi connectivity index (χ2n) is 7.97. The van der Waals surface area contributed by atoms with Crippen molar-refractivity contribution in [3.63, 3.8) is 0 Å². The normalized spacial score (nSPS) is 16.5. The molecule has 154 valence electrons. The van der Waals surface area contributed by atoms with E-state index < -0.39 is 5.54 Å². The molecule has 0 spiro atoms. The number of nitrogens with zero attached hydrogens (tertiary/aromatic N) is 2. The molecule has 3 aromatic carbocycles. The fourth-order valence-electron chi connectivity index (χ4n) is 4.66. The highest BCUT2D eigenvalue weighted by Crippen LogP contribution is 2.41. The van der Waals surface area contributed by atoms with E-state index in [1.54, 1.807) is 0 Å². The van der Waals surface area contributed by atoms with Gasteiger partial charge in [0.15, 0.2) is 5.78 Å². The van der Waals surface area contributed by atoms with Gasteiger partial charge in [-0.05, 0) is 36.0 Å². The van der Waals surface area contributed by atoms with Crippen molar-refractivity contribution in [3.8, 4) is 0 Å². The zero-order valence-corrected chi connectivity index (χ0v) is 18.7. The third-order valence-corrected chi connectivity index (χ3v) is 7.00. The first kappa shape index (κ1) is 20.0. The van der Waals surface area contributed by atoms with Crippen LogP contribution in [0.25, 0.3) is 0 Å². The van der Waals surface area contributed by atoms with Crippen LogP contribution >= 0.6 is 15.9 Å². The number of Topliss-reactive ketones (excluding diaryl/α,β-unsaturated/α-hetero) is 1. The number of carbonyl (C=O) groups is 1. The molecule has 1 aliphatic carbocycles. The van der Waals surface area contributed by atoms with Gasteiger partial charge < -0.3 is 0 Å². The van der Waals surface area contributed by atoms with Crippen molar-refractivity contribution in [2.24, 2.45) is 0 Å². The first-order chi connectivity index (χ1) is 15.2. The van der Waals surface area contributed by atoms with Crippen LogP contribution in [0.5, 0.6) is 0 Å². The van der Waals surface area contributed by atoms with E-state index in [0.717, 1.165) is 47.2 Å². The van der Waals surface area contributed by atoms with Gasteiger partial charge in [0.05, 0.1) is 16.1 Å². The van der Waals surface area contributed by atoms with Gasteiger partial charge in [-0.15, -0.1) is 0 Å². The minimum atomic E-state index is -0.682. The van der Waals surface area contributed by atoms with Crippen molar-refractivity contribution in [3.05, 3.63) is 125 Å². The number of benzene rings is 3. The van der Waals surface area contributed by atoms with Crippen LogP contribution in [0.15, 0.2) is 97.2 Å². The first-order valence-corrected chi connectivity index (χ1v) is 11.6. The molecule has 0 saturated heterocycles. The van der Waals surface area contributed by atoms with Gasteiger partial charge >= 0.3 is 0 Å². The van der Waals surface area contributed by atoms with Gasteiger partial charge in [0.1, 0.15) is 5.54 Å². The number of aryl methyl sites for hydroxylation is 1. The van der Waals surface area contributed by atoms with Gasteiger partial charge in [-0.2, -0.15) is 5.10 Å². The highest BCUT2D eigenvalue weighted by molar-refractivity contribution is 9.10. The van der Waals surface area contributed by atoms with Gasteiger partial charge in [0.25, 0.3) is 0 Å². The maximum absolute atomic E-state index is 13.1. The smallest absolute Gasteiger partial charge is 0.179 e. The molecule has 3 nitrogen and oxygen atoms in total. The minimum Gasteiger partial charge on any atom is -0.293 e. The number of halogens is 1. The molecule has 0 bridgehead atoms. The van der Waals surface area contributed by atoms with Gasteiger partial charge in [-0.1, -0.05) is 107 Å². The summed E-state index contributed by atoms with van der Waals surface area (Å²) in [5.74, 6) is 0.127. The number of fused-ring (bicyclic) bond motifs is 1. The molecule has 4 heteroatoms. The number of hydrogen-bond acceptors (Lipinski definition) is 2. The summed E-state index contributed by atoms with van der Waals surface area (Å²) >= 11 is 3.58. The summed E-state index contributed by atoms with van der Waals surface area (Å²) in [7, 11) is 0. The standard InChI is InChI=1S/C27H23BrN2O/c28-24-17-10-18-25-23(26(24)31)19-30(29-25)27(20-11-4-1-5-12-20,21-13-6-2-7-14-21)22-15-8-3-9-16-22/h1-9,11-16,19,24H,10,17-18H2. The monoisotopic (exact) mass is 470 g/mol. The maximum atomic E-state index is 13.1. The molecule has 1 heterocycles. The Morgan fingerprint density at radius 3 is 1.77 bits per heavy atom. The lowest BCUT2D eigenvalue weighted by Gasteiger charge is -2.36. The molecule has 0 aliphatic heterocycles. The molecule has 31 heavy (non-hydrogen) atoms. The Labute approximate surface area is 190 Å². The Morgan fingerprint density at radius 1 is 0.806 bits per heavy atom. The molecule has 1 unspecified atom stereocenters. The second kappa shape index (κ2) is 8.27. The fraction of sp³-hybridized carbons (Fsp3) is 0.185. The molecule has 0 N–H and O–H groups in total. The highest BCUT2D eigenvalue weighted by atomic mass is 79.9. The largest absolute Gasteiger partial charge is 0.293 e. The van der Waals surface area contributed by atoms with Crippen LogP contribution in [0.2, 0.25) is 0 Å². The Balaban J connectivity index is 1.85. The van der Waals surface area contributed by atoms with E-state index >= 15 is 0 Å². The van der Waals surface area contributed by atoms with E-state index in [2.05, 4.69) is 88.7 Å². The Hall–Kier alpha value is -2.98. The molecule has 5 rings (SSSR count). The Kier molecular flexibility index (Phi) is 5.33. The van der Waals surface area contributed by atoms with Gasteiger partial charge in [-0.25, -0.2) is 0 Å². The molecule has 1 aromatic heterocycles. The zero-order valence-electron chi connectivity index (χ0n) is 17.1. The van der Waals surface area contributed by atoms with Crippen molar-refractivity contribution in [1.82, 2.24) is 9.78 Å². The fourth-order valence-corrected chi connectivity index (χ4v) is 5.23. The van der Waals surface area contributed by atoms with Crippen molar-refractivity contribution in [2.45, 2.75) is 29.6 Å². The second-order valence-corrected chi connectivity index (χ2v) is 9.07. The first-order valence-electron chi connectivity index (χ1n) is 10.6. The lowest BCUT2D eigenvalue weighted by atomic mass is 9.77. The summed E-state index contributed by atoms with van der Waals surface area (Å²) < 4.78 is 2.01. The predicted molar refractivity (Wildman–Crippen MR) is 127 cm³/mol. The molecule has 0 amide bonds. The van der Waals surface area contributed by atoms with Crippen LogP contribution in [-0.4, -0.2) is 20.4 Å². The average Bonchev–Trinajstić information content (AvgIpc) is 3.20. The topological polar surface area (TPSA) is 34.9 Å². The maximum Gasteiger partial charge on any atom is 0.179 e. The number of alkyl halides is 1. The number of rotatable bonds is 4. The molecule has 1 aliphatic rings. The summed E-state index contributed by atoms with van der Waals surface area (Å²) in [6.07, 6.45) is 4.56. The van der Waals surface area contributed by atoms with Crippen molar-refractivity contribution in [2.75, 3.05) is 0 Å². The van der Waals surface area contributed by atoms with Crippen molar-refractivity contribution in [1.29, 1.82) is 0 Å². The molecular weight excluding hydrogens is 448 g/mol. The minimum absolute atomic E-state index is 0.127. The van der Waals surface area contributed by atoms with Crippen LogP contribution < -0.4 is 0 Å². The number of carbonyl (C=O) groups excluding carboxylic acids is 1. The molecule has 0 saturated carbocycles. The molecule has 4 aromatic rings. The molecule has 0 radical (unpaired) electrons. The summed E-state index contributed by atoms with van der Waals surface area (Å²) in [6.45, 7) is 0. The summed E-state index contributed by atoms with van der Waals surface area (Å²) in [5.41, 5.74) is 4.25. The lowest BCUT2D eigenvalue weighted by Crippen LogP contribution is -2.38. The van der Waals surface area contributed by atoms with E-state index in [0.29, 0.717) is 0 Å². The van der Waals surface area contributed by atoms with E-state index in [1.807, 2.05) is 29.1 Å². The van der Waals surface area contributed by atoms with Crippen LogP contribution in [-0.2, 0) is 12.0 Å². The van der Waals surface area contributed by atoms with E-state index in [4.69, 9.17) is 5.10 Å². The van der Waals surface area contributed by atoms with E-state index in [9.17, 15) is 4.79 Å². The van der Waals surface area contributed by atoms with E-state index in [1.165, 1.54) is 0 Å². The predicted octanol–water partition coefficient (Wildman–Crippen LogP) is 6.01. The number of hydrogen-bond donors (Lipinski definition) is 0.